The molecule has 1 saturated heterocycles. The number of piperidine rings is 1. The molecular formula is C20H29N5. The van der Waals surface area contributed by atoms with Gasteiger partial charge in [-0.25, -0.2) is 15.0 Å². The van der Waals surface area contributed by atoms with Crippen LogP contribution in [0.1, 0.15) is 62.2 Å². The van der Waals surface area contributed by atoms with Gasteiger partial charge in [0.2, 0.25) is 0 Å². The van der Waals surface area contributed by atoms with Crippen molar-refractivity contribution < 1.29 is 0 Å². The largest absolute Gasteiger partial charge is 0.356 e. The number of nitrogens with zero attached hydrogens (tertiary/aromatic N) is 5. The smallest absolute Gasteiger partial charge is 0.135 e. The normalized spacial score (nSPS) is 20.9. The Balaban J connectivity index is 1.55. The van der Waals surface area contributed by atoms with Gasteiger partial charge in [0.25, 0.3) is 0 Å². The predicted molar refractivity (Wildman–Crippen MR) is 99.9 cm³/mol. The Kier molecular flexibility index (Phi) is 4.73. The van der Waals surface area contributed by atoms with E-state index in [0.29, 0.717) is 5.92 Å². The van der Waals surface area contributed by atoms with Crippen LogP contribution >= 0.6 is 0 Å². The zero-order valence-electron chi connectivity index (χ0n) is 15.5. The highest BCUT2D eigenvalue weighted by Gasteiger charge is 2.29. The monoisotopic (exact) mass is 339 g/mol. The fourth-order valence-corrected chi connectivity index (χ4v) is 4.00. The lowest BCUT2D eigenvalue weighted by Gasteiger charge is -2.34. The standard InChI is InChI=1S/C20H29N5/c1-3-5-17-12-22-15(2)23-20(17)24-10-4-6-18(14-24)19-21-9-11-25(19)13-16-7-8-16/h9,11-12,16,18H,3-8,10,13-14H2,1-2H3/t18-/m1/s1. The molecule has 2 aromatic rings. The van der Waals surface area contributed by atoms with Crippen LogP contribution in [0.15, 0.2) is 18.6 Å². The molecule has 5 nitrogen and oxygen atoms in total. The highest BCUT2D eigenvalue weighted by atomic mass is 15.2. The summed E-state index contributed by atoms with van der Waals surface area (Å²) in [6, 6.07) is 0. The third-order valence-corrected chi connectivity index (χ3v) is 5.47. The fraction of sp³-hybridized carbons (Fsp3) is 0.650. The van der Waals surface area contributed by atoms with E-state index in [2.05, 4.69) is 27.6 Å². The third kappa shape index (κ3) is 3.70. The van der Waals surface area contributed by atoms with Crippen LogP contribution in [0.5, 0.6) is 0 Å². The van der Waals surface area contributed by atoms with Crippen molar-refractivity contribution in [1.82, 2.24) is 19.5 Å². The number of anilines is 1. The highest BCUT2D eigenvalue weighted by Crippen LogP contribution is 2.34. The molecule has 3 heterocycles. The van der Waals surface area contributed by atoms with Crippen molar-refractivity contribution in [2.75, 3.05) is 18.0 Å². The molecule has 1 atom stereocenters. The molecule has 0 aromatic carbocycles. The lowest BCUT2D eigenvalue weighted by Crippen LogP contribution is -2.36. The summed E-state index contributed by atoms with van der Waals surface area (Å²) in [5.74, 6) is 4.69. The van der Waals surface area contributed by atoms with Crippen molar-refractivity contribution in [3.05, 3.63) is 35.8 Å². The Labute approximate surface area is 150 Å². The first-order valence-corrected chi connectivity index (χ1v) is 9.83. The number of aryl methyl sites for hydroxylation is 2. The van der Waals surface area contributed by atoms with Crippen LogP contribution in [0.3, 0.4) is 0 Å². The van der Waals surface area contributed by atoms with Gasteiger partial charge in [0.1, 0.15) is 17.5 Å². The summed E-state index contributed by atoms with van der Waals surface area (Å²) in [5.41, 5.74) is 1.29. The van der Waals surface area contributed by atoms with E-state index in [1.54, 1.807) is 0 Å². The molecule has 0 N–H and O–H groups in total. The topological polar surface area (TPSA) is 46.8 Å². The fourth-order valence-electron chi connectivity index (χ4n) is 4.00. The molecule has 1 aliphatic carbocycles. The molecule has 2 aliphatic rings. The van der Waals surface area contributed by atoms with Crippen LogP contribution < -0.4 is 4.90 Å². The van der Waals surface area contributed by atoms with Crippen molar-refractivity contribution in [2.24, 2.45) is 5.92 Å². The van der Waals surface area contributed by atoms with E-state index in [4.69, 9.17) is 9.97 Å². The van der Waals surface area contributed by atoms with Crippen molar-refractivity contribution in [3.8, 4) is 0 Å². The van der Waals surface area contributed by atoms with Crippen LogP contribution in [0.4, 0.5) is 5.82 Å². The van der Waals surface area contributed by atoms with Crippen molar-refractivity contribution in [1.29, 1.82) is 0 Å². The first kappa shape index (κ1) is 16.6. The van der Waals surface area contributed by atoms with Gasteiger partial charge in [-0.1, -0.05) is 13.3 Å². The Hall–Kier alpha value is -1.91. The molecule has 2 aromatic heterocycles. The molecule has 1 saturated carbocycles. The lowest BCUT2D eigenvalue weighted by molar-refractivity contribution is 0.460. The Morgan fingerprint density at radius 2 is 2.08 bits per heavy atom. The Morgan fingerprint density at radius 3 is 2.88 bits per heavy atom. The van der Waals surface area contributed by atoms with E-state index >= 15 is 0 Å². The molecular weight excluding hydrogens is 310 g/mol. The SMILES string of the molecule is CCCc1cnc(C)nc1N1CCC[C@@H](c2nccn2CC2CC2)C1. The van der Waals surface area contributed by atoms with Crippen molar-refractivity contribution >= 4 is 5.82 Å². The molecule has 0 bridgehead atoms. The van der Waals surface area contributed by atoms with E-state index in [1.165, 1.54) is 37.1 Å². The quantitative estimate of drug-likeness (QED) is 0.804. The van der Waals surface area contributed by atoms with Gasteiger partial charge in [0.15, 0.2) is 0 Å². The van der Waals surface area contributed by atoms with Gasteiger partial charge in [-0.3, -0.25) is 0 Å². The average Bonchev–Trinajstić information content (AvgIpc) is 3.32. The number of rotatable bonds is 6. The number of hydrogen-bond donors (Lipinski definition) is 0. The van der Waals surface area contributed by atoms with Gasteiger partial charge in [0, 0.05) is 49.7 Å². The van der Waals surface area contributed by atoms with Crippen LogP contribution in [0, 0.1) is 12.8 Å². The van der Waals surface area contributed by atoms with Gasteiger partial charge in [-0.15, -0.1) is 0 Å². The predicted octanol–water partition coefficient (Wildman–Crippen LogP) is 3.73. The lowest BCUT2D eigenvalue weighted by atomic mass is 9.96. The minimum absolute atomic E-state index is 0.507. The van der Waals surface area contributed by atoms with E-state index < -0.39 is 0 Å². The maximum atomic E-state index is 4.80. The molecule has 5 heteroatoms. The molecule has 0 spiro atoms. The van der Waals surface area contributed by atoms with Crippen molar-refractivity contribution in [2.45, 2.75) is 64.8 Å². The summed E-state index contributed by atoms with van der Waals surface area (Å²) in [6.07, 6.45) is 13.6. The Morgan fingerprint density at radius 1 is 1.20 bits per heavy atom. The summed E-state index contributed by atoms with van der Waals surface area (Å²) in [4.78, 5) is 16.4. The van der Waals surface area contributed by atoms with Crippen LogP contribution in [0.25, 0.3) is 0 Å². The molecule has 134 valence electrons. The molecule has 1 aliphatic heterocycles. The van der Waals surface area contributed by atoms with Gasteiger partial charge >= 0.3 is 0 Å². The maximum Gasteiger partial charge on any atom is 0.135 e. The second-order valence-corrected chi connectivity index (χ2v) is 7.68. The van der Waals surface area contributed by atoms with Gasteiger partial charge < -0.3 is 9.47 Å². The molecule has 4 rings (SSSR count). The summed E-state index contributed by atoms with van der Waals surface area (Å²) in [6.45, 7) is 7.47. The van der Waals surface area contributed by atoms with Crippen LogP contribution in [-0.4, -0.2) is 32.6 Å². The number of hydrogen-bond acceptors (Lipinski definition) is 4. The first-order valence-electron chi connectivity index (χ1n) is 9.83. The second kappa shape index (κ2) is 7.14. The molecule has 2 fully saturated rings. The third-order valence-electron chi connectivity index (χ3n) is 5.47. The van der Waals surface area contributed by atoms with E-state index in [0.717, 1.165) is 50.0 Å². The number of imidazole rings is 1. The van der Waals surface area contributed by atoms with E-state index in [1.807, 2.05) is 19.3 Å². The zero-order chi connectivity index (χ0) is 17.2. The van der Waals surface area contributed by atoms with Gasteiger partial charge in [0.05, 0.1) is 0 Å². The minimum atomic E-state index is 0.507. The number of aromatic nitrogens is 4. The maximum absolute atomic E-state index is 4.80. The highest BCUT2D eigenvalue weighted by molar-refractivity contribution is 5.47. The Bertz CT molecular complexity index is 719. The van der Waals surface area contributed by atoms with Crippen LogP contribution in [0.2, 0.25) is 0 Å². The van der Waals surface area contributed by atoms with Crippen LogP contribution in [-0.2, 0) is 13.0 Å². The van der Waals surface area contributed by atoms with E-state index in [-0.39, 0.29) is 0 Å². The summed E-state index contributed by atoms with van der Waals surface area (Å²) in [7, 11) is 0. The van der Waals surface area contributed by atoms with Crippen molar-refractivity contribution in [3.63, 3.8) is 0 Å². The minimum Gasteiger partial charge on any atom is -0.356 e. The van der Waals surface area contributed by atoms with Gasteiger partial charge in [-0.05, 0) is 44.9 Å². The van der Waals surface area contributed by atoms with E-state index in [9.17, 15) is 0 Å². The molecule has 0 amide bonds. The zero-order valence-corrected chi connectivity index (χ0v) is 15.5. The molecule has 0 radical (unpaired) electrons. The summed E-state index contributed by atoms with van der Waals surface area (Å²) in [5, 5.41) is 0. The second-order valence-electron chi connectivity index (χ2n) is 7.68. The molecule has 0 unspecified atom stereocenters. The molecule has 25 heavy (non-hydrogen) atoms. The average molecular weight is 339 g/mol. The first-order chi connectivity index (χ1) is 12.2. The summed E-state index contributed by atoms with van der Waals surface area (Å²) < 4.78 is 2.41. The summed E-state index contributed by atoms with van der Waals surface area (Å²) >= 11 is 0. The van der Waals surface area contributed by atoms with Gasteiger partial charge in [-0.2, -0.15) is 0 Å².